The minimum Gasteiger partial charge on any atom is -0.444 e. The molecular weight excluding hydrogens is 225 g/mol. The molecule has 4 nitrogen and oxygen atoms in total. The number of piperidine rings is 1. The lowest BCUT2D eigenvalue weighted by Crippen LogP contribution is -2.46. The fourth-order valence-electron chi connectivity index (χ4n) is 1.87. The molecular formula is C12H22FNO3. The first-order chi connectivity index (χ1) is 7.76. The molecule has 1 rings (SSSR count). The molecule has 0 unspecified atom stereocenters. The van der Waals surface area contributed by atoms with Crippen LogP contribution < -0.4 is 0 Å². The molecule has 1 saturated heterocycles. The van der Waals surface area contributed by atoms with Crippen molar-refractivity contribution in [3.63, 3.8) is 0 Å². The Bertz CT molecular complexity index is 267. The lowest BCUT2D eigenvalue weighted by Gasteiger charge is -2.36. The Morgan fingerprint density at radius 3 is 2.35 bits per heavy atom. The molecule has 1 aliphatic heterocycles. The lowest BCUT2D eigenvalue weighted by atomic mass is 9.90. The first kappa shape index (κ1) is 14.2. The summed E-state index contributed by atoms with van der Waals surface area (Å²) in [6, 6.07) is 0. The van der Waals surface area contributed by atoms with E-state index in [0.29, 0.717) is 13.1 Å². The van der Waals surface area contributed by atoms with Crippen molar-refractivity contribution in [3.8, 4) is 0 Å². The zero-order valence-electron chi connectivity index (χ0n) is 10.8. The van der Waals surface area contributed by atoms with Crippen molar-refractivity contribution < 1.29 is 19.0 Å². The van der Waals surface area contributed by atoms with Crippen LogP contribution in [0, 0.1) is 0 Å². The van der Waals surface area contributed by atoms with Crippen LogP contribution in [-0.4, -0.2) is 47.1 Å². The monoisotopic (exact) mass is 247 g/mol. The van der Waals surface area contributed by atoms with Crippen LogP contribution in [0.1, 0.15) is 40.0 Å². The van der Waals surface area contributed by atoms with E-state index in [1.54, 1.807) is 20.8 Å². The maximum Gasteiger partial charge on any atom is 0.410 e. The van der Waals surface area contributed by atoms with Gasteiger partial charge in [0.25, 0.3) is 0 Å². The number of carbonyl (C=O) groups is 1. The van der Waals surface area contributed by atoms with E-state index in [1.165, 1.54) is 4.90 Å². The number of aliphatic hydroxyl groups excluding tert-OH is 1. The summed E-state index contributed by atoms with van der Waals surface area (Å²) in [4.78, 5) is 13.2. The number of rotatable bonds is 2. The fourth-order valence-corrected chi connectivity index (χ4v) is 1.87. The molecule has 0 atom stereocenters. The fraction of sp³-hybridized carbons (Fsp3) is 0.917. The van der Waals surface area contributed by atoms with Crippen LogP contribution in [0.25, 0.3) is 0 Å². The third-order valence-corrected chi connectivity index (χ3v) is 2.87. The van der Waals surface area contributed by atoms with Crippen LogP contribution in [0.5, 0.6) is 0 Å². The quantitative estimate of drug-likeness (QED) is 0.813. The van der Waals surface area contributed by atoms with E-state index < -0.39 is 11.3 Å². The van der Waals surface area contributed by atoms with Gasteiger partial charge in [0.05, 0.1) is 0 Å². The maximum absolute atomic E-state index is 14.0. The predicted molar refractivity (Wildman–Crippen MR) is 62.6 cm³/mol. The lowest BCUT2D eigenvalue weighted by molar-refractivity contribution is -0.00196. The van der Waals surface area contributed by atoms with E-state index >= 15 is 0 Å². The van der Waals surface area contributed by atoms with Crippen molar-refractivity contribution in [3.05, 3.63) is 0 Å². The Morgan fingerprint density at radius 2 is 1.94 bits per heavy atom. The number of amides is 1. The maximum atomic E-state index is 14.0. The van der Waals surface area contributed by atoms with Crippen molar-refractivity contribution >= 4 is 6.09 Å². The Hall–Kier alpha value is -0.840. The van der Waals surface area contributed by atoms with Gasteiger partial charge in [-0.05, 0) is 33.6 Å². The van der Waals surface area contributed by atoms with E-state index in [-0.39, 0.29) is 32.0 Å². The van der Waals surface area contributed by atoms with Gasteiger partial charge in [0, 0.05) is 26.1 Å². The smallest absolute Gasteiger partial charge is 0.410 e. The Labute approximate surface area is 102 Å². The van der Waals surface area contributed by atoms with Crippen LogP contribution in [0.2, 0.25) is 0 Å². The van der Waals surface area contributed by atoms with E-state index in [2.05, 4.69) is 0 Å². The van der Waals surface area contributed by atoms with Crippen LogP contribution in [-0.2, 0) is 4.74 Å². The minimum absolute atomic E-state index is 0.148. The predicted octanol–water partition coefficient (Wildman–Crippen LogP) is 2.11. The highest BCUT2D eigenvalue weighted by Gasteiger charge is 2.36. The number of carbonyl (C=O) groups excluding carboxylic acids is 1. The van der Waals surface area contributed by atoms with Crippen molar-refractivity contribution in [2.45, 2.75) is 51.3 Å². The molecule has 0 saturated carbocycles. The molecule has 0 bridgehead atoms. The Morgan fingerprint density at radius 1 is 1.41 bits per heavy atom. The first-order valence-corrected chi connectivity index (χ1v) is 6.03. The molecule has 0 spiro atoms. The van der Waals surface area contributed by atoms with Gasteiger partial charge < -0.3 is 14.7 Å². The van der Waals surface area contributed by atoms with Crippen LogP contribution in [0.3, 0.4) is 0 Å². The molecule has 0 aromatic heterocycles. The van der Waals surface area contributed by atoms with Crippen molar-refractivity contribution in [2.75, 3.05) is 19.7 Å². The third kappa shape index (κ3) is 4.50. The average molecular weight is 247 g/mol. The van der Waals surface area contributed by atoms with Gasteiger partial charge in [0.15, 0.2) is 0 Å². The SMILES string of the molecule is CC(C)(C)OC(=O)N1CCC(F)(CCO)CC1. The molecule has 5 heteroatoms. The number of ether oxygens (including phenoxy) is 1. The molecule has 17 heavy (non-hydrogen) atoms. The summed E-state index contributed by atoms with van der Waals surface area (Å²) in [5, 5.41) is 8.77. The Kier molecular flexibility index (Phi) is 4.36. The van der Waals surface area contributed by atoms with Gasteiger partial charge in [-0.3, -0.25) is 0 Å². The highest BCUT2D eigenvalue weighted by atomic mass is 19.1. The van der Waals surface area contributed by atoms with Gasteiger partial charge in [-0.2, -0.15) is 0 Å². The molecule has 0 aromatic rings. The van der Waals surface area contributed by atoms with Crippen molar-refractivity contribution in [2.24, 2.45) is 0 Å². The number of halogens is 1. The summed E-state index contributed by atoms with van der Waals surface area (Å²) in [5.74, 6) is 0. The van der Waals surface area contributed by atoms with Crippen LogP contribution in [0.4, 0.5) is 9.18 Å². The number of aliphatic hydroxyl groups is 1. The standard InChI is InChI=1S/C12H22FNO3/c1-11(2,3)17-10(16)14-7-4-12(13,5-8-14)6-9-15/h15H,4-9H2,1-3H3. The molecule has 1 amide bonds. The summed E-state index contributed by atoms with van der Waals surface area (Å²) < 4.78 is 19.2. The van der Waals surface area contributed by atoms with E-state index in [9.17, 15) is 9.18 Å². The zero-order chi connectivity index (χ0) is 13.1. The van der Waals surface area contributed by atoms with Gasteiger partial charge >= 0.3 is 6.09 Å². The van der Waals surface area contributed by atoms with Gasteiger partial charge in [-0.1, -0.05) is 0 Å². The number of alkyl halides is 1. The molecule has 0 aliphatic carbocycles. The molecule has 1 heterocycles. The number of hydrogen-bond donors (Lipinski definition) is 1. The van der Waals surface area contributed by atoms with Crippen LogP contribution in [0.15, 0.2) is 0 Å². The molecule has 1 aliphatic rings. The largest absolute Gasteiger partial charge is 0.444 e. The van der Waals surface area contributed by atoms with E-state index in [1.807, 2.05) is 0 Å². The summed E-state index contributed by atoms with van der Waals surface area (Å²) in [5.41, 5.74) is -1.85. The highest BCUT2D eigenvalue weighted by molar-refractivity contribution is 5.68. The summed E-state index contributed by atoms with van der Waals surface area (Å²) in [7, 11) is 0. The number of hydrogen-bond acceptors (Lipinski definition) is 3. The van der Waals surface area contributed by atoms with Crippen molar-refractivity contribution in [1.29, 1.82) is 0 Å². The van der Waals surface area contributed by atoms with Crippen LogP contribution >= 0.6 is 0 Å². The first-order valence-electron chi connectivity index (χ1n) is 6.03. The van der Waals surface area contributed by atoms with E-state index in [4.69, 9.17) is 9.84 Å². The Balaban J connectivity index is 2.44. The zero-order valence-corrected chi connectivity index (χ0v) is 10.8. The van der Waals surface area contributed by atoms with Gasteiger partial charge in [0.2, 0.25) is 0 Å². The van der Waals surface area contributed by atoms with Gasteiger partial charge in [-0.25, -0.2) is 9.18 Å². The number of likely N-dealkylation sites (tertiary alicyclic amines) is 1. The molecule has 1 N–H and O–H groups in total. The molecule has 0 radical (unpaired) electrons. The molecule has 0 aromatic carbocycles. The van der Waals surface area contributed by atoms with Crippen molar-refractivity contribution in [1.82, 2.24) is 4.90 Å². The average Bonchev–Trinajstić information content (AvgIpc) is 2.15. The highest BCUT2D eigenvalue weighted by Crippen LogP contribution is 2.30. The summed E-state index contributed by atoms with van der Waals surface area (Å²) in [6.07, 6.45) is 0.304. The second-order valence-electron chi connectivity index (χ2n) is 5.59. The van der Waals surface area contributed by atoms with E-state index in [0.717, 1.165) is 0 Å². The van der Waals surface area contributed by atoms with Gasteiger partial charge in [0.1, 0.15) is 11.3 Å². The second kappa shape index (κ2) is 5.21. The minimum atomic E-state index is -1.33. The second-order valence-corrected chi connectivity index (χ2v) is 5.59. The topological polar surface area (TPSA) is 49.8 Å². The normalized spacial score (nSPS) is 20.2. The summed E-state index contributed by atoms with van der Waals surface area (Å²) in [6.45, 7) is 5.97. The molecule has 100 valence electrons. The van der Waals surface area contributed by atoms with Gasteiger partial charge in [-0.15, -0.1) is 0 Å². The molecule has 1 fully saturated rings. The number of nitrogens with zero attached hydrogens (tertiary/aromatic N) is 1. The summed E-state index contributed by atoms with van der Waals surface area (Å²) >= 11 is 0. The third-order valence-electron chi connectivity index (χ3n) is 2.87.